The van der Waals surface area contributed by atoms with E-state index in [1.807, 2.05) is 76.8 Å². The van der Waals surface area contributed by atoms with Crippen LogP contribution in [-0.2, 0) is 4.79 Å². The Morgan fingerprint density at radius 2 is 1.43 bits per heavy atom. The van der Waals surface area contributed by atoms with Gasteiger partial charge in [0.15, 0.2) is 0 Å². The molecule has 0 unspecified atom stereocenters. The Labute approximate surface area is 129 Å². The first-order valence-corrected chi connectivity index (χ1v) is 7.82. The van der Waals surface area contributed by atoms with Crippen LogP contribution in [0.4, 0.5) is 0 Å². The van der Waals surface area contributed by atoms with E-state index in [1.165, 1.54) is 0 Å². The second-order valence-electron chi connectivity index (χ2n) is 6.44. The third kappa shape index (κ3) is 4.31. The predicted molar refractivity (Wildman–Crippen MR) is 86.8 cm³/mol. The molecule has 1 aromatic rings. The lowest BCUT2D eigenvalue weighted by molar-refractivity contribution is -0.141. The number of carbonyl (C=O) groups excluding carboxylic acids is 1. The molecule has 0 saturated carbocycles. The molecule has 1 aromatic carbocycles. The van der Waals surface area contributed by atoms with Gasteiger partial charge in [-0.1, -0.05) is 44.2 Å². The SMILES string of the molecule is CC(C)N(C(=O)[C@H](C)[C@@H](C)[C@@H](O)c1ccccc1)C(C)C. The summed E-state index contributed by atoms with van der Waals surface area (Å²) >= 11 is 0. The average Bonchev–Trinajstić information content (AvgIpc) is 2.45. The molecular weight excluding hydrogens is 262 g/mol. The van der Waals surface area contributed by atoms with Gasteiger partial charge in [-0.15, -0.1) is 0 Å². The van der Waals surface area contributed by atoms with E-state index in [1.54, 1.807) is 0 Å². The van der Waals surface area contributed by atoms with Crippen LogP contribution in [0.1, 0.15) is 53.2 Å². The maximum absolute atomic E-state index is 12.7. The Hall–Kier alpha value is -1.35. The smallest absolute Gasteiger partial charge is 0.226 e. The lowest BCUT2D eigenvalue weighted by Crippen LogP contribution is -2.46. The van der Waals surface area contributed by atoms with Gasteiger partial charge in [-0.25, -0.2) is 0 Å². The summed E-state index contributed by atoms with van der Waals surface area (Å²) in [6.07, 6.45) is -0.619. The van der Waals surface area contributed by atoms with Gasteiger partial charge >= 0.3 is 0 Å². The van der Waals surface area contributed by atoms with Crippen LogP contribution in [0.25, 0.3) is 0 Å². The van der Waals surface area contributed by atoms with Crippen molar-refractivity contribution < 1.29 is 9.90 Å². The normalized spacial score (nSPS) is 15.9. The van der Waals surface area contributed by atoms with Gasteiger partial charge in [0.1, 0.15) is 0 Å². The zero-order chi connectivity index (χ0) is 16.2. The largest absolute Gasteiger partial charge is 0.388 e. The standard InChI is InChI=1S/C18H29NO2/c1-12(2)19(13(3)4)18(21)15(6)14(5)17(20)16-10-8-7-9-11-16/h7-15,17,20H,1-6H3/t14-,15-,17-/m1/s1. The first-order valence-electron chi connectivity index (χ1n) is 7.82. The Kier molecular flexibility index (Phi) is 6.41. The van der Waals surface area contributed by atoms with Crippen LogP contribution in [0.15, 0.2) is 30.3 Å². The molecule has 0 heterocycles. The molecule has 3 heteroatoms. The van der Waals surface area contributed by atoms with Crippen molar-refractivity contribution >= 4 is 5.91 Å². The molecule has 0 bridgehead atoms. The minimum absolute atomic E-state index is 0.113. The molecule has 3 atom stereocenters. The minimum Gasteiger partial charge on any atom is -0.388 e. The number of nitrogens with zero attached hydrogens (tertiary/aromatic N) is 1. The third-order valence-electron chi connectivity index (χ3n) is 4.18. The summed E-state index contributed by atoms with van der Waals surface area (Å²) in [6, 6.07) is 9.89. The molecule has 0 fully saturated rings. The number of amides is 1. The number of rotatable bonds is 6. The third-order valence-corrected chi connectivity index (χ3v) is 4.18. The molecule has 1 N–H and O–H groups in total. The van der Waals surface area contributed by atoms with Crippen molar-refractivity contribution in [3.05, 3.63) is 35.9 Å². The fourth-order valence-electron chi connectivity index (χ4n) is 2.79. The fourth-order valence-corrected chi connectivity index (χ4v) is 2.79. The van der Waals surface area contributed by atoms with E-state index < -0.39 is 6.10 Å². The molecule has 0 spiro atoms. The van der Waals surface area contributed by atoms with Crippen LogP contribution in [0.2, 0.25) is 0 Å². The highest BCUT2D eigenvalue weighted by molar-refractivity contribution is 5.79. The fraction of sp³-hybridized carbons (Fsp3) is 0.611. The minimum atomic E-state index is -0.619. The van der Waals surface area contributed by atoms with E-state index in [4.69, 9.17) is 0 Å². The number of hydrogen-bond donors (Lipinski definition) is 1. The Balaban J connectivity index is 2.86. The maximum Gasteiger partial charge on any atom is 0.226 e. The van der Waals surface area contributed by atoms with E-state index in [-0.39, 0.29) is 29.8 Å². The van der Waals surface area contributed by atoms with E-state index in [0.717, 1.165) is 5.56 Å². The van der Waals surface area contributed by atoms with Gasteiger partial charge in [-0.3, -0.25) is 4.79 Å². The number of hydrogen-bond acceptors (Lipinski definition) is 2. The lowest BCUT2D eigenvalue weighted by Gasteiger charge is -2.35. The lowest BCUT2D eigenvalue weighted by atomic mass is 9.85. The van der Waals surface area contributed by atoms with Crippen molar-refractivity contribution in [2.75, 3.05) is 0 Å². The van der Waals surface area contributed by atoms with E-state index >= 15 is 0 Å². The van der Waals surface area contributed by atoms with E-state index in [0.29, 0.717) is 0 Å². The number of carbonyl (C=O) groups is 1. The summed E-state index contributed by atoms with van der Waals surface area (Å²) in [5, 5.41) is 10.5. The van der Waals surface area contributed by atoms with Gasteiger partial charge < -0.3 is 10.0 Å². The maximum atomic E-state index is 12.7. The first kappa shape index (κ1) is 17.7. The van der Waals surface area contributed by atoms with Gasteiger partial charge in [0.25, 0.3) is 0 Å². The van der Waals surface area contributed by atoms with E-state index in [9.17, 15) is 9.90 Å². The van der Waals surface area contributed by atoms with Crippen molar-refractivity contribution in [2.45, 2.75) is 59.7 Å². The van der Waals surface area contributed by atoms with Crippen molar-refractivity contribution in [3.63, 3.8) is 0 Å². The highest BCUT2D eigenvalue weighted by Gasteiger charge is 2.32. The van der Waals surface area contributed by atoms with Gasteiger partial charge in [0.05, 0.1) is 6.10 Å². The molecular formula is C18H29NO2. The van der Waals surface area contributed by atoms with Crippen LogP contribution >= 0.6 is 0 Å². The number of aliphatic hydroxyl groups is 1. The second kappa shape index (κ2) is 7.60. The van der Waals surface area contributed by atoms with Gasteiger partial charge in [-0.2, -0.15) is 0 Å². The molecule has 21 heavy (non-hydrogen) atoms. The number of aliphatic hydroxyl groups excluding tert-OH is 1. The van der Waals surface area contributed by atoms with Crippen molar-refractivity contribution in [3.8, 4) is 0 Å². The predicted octanol–water partition coefficient (Wildman–Crippen LogP) is 3.64. The second-order valence-corrected chi connectivity index (χ2v) is 6.44. The Morgan fingerprint density at radius 3 is 1.86 bits per heavy atom. The van der Waals surface area contributed by atoms with Crippen molar-refractivity contribution in [1.29, 1.82) is 0 Å². The molecule has 1 amide bonds. The summed E-state index contributed by atoms with van der Waals surface area (Å²) in [6.45, 7) is 12.0. The Bertz CT molecular complexity index is 434. The first-order chi connectivity index (χ1) is 9.77. The Morgan fingerprint density at radius 1 is 0.952 bits per heavy atom. The van der Waals surface area contributed by atoms with E-state index in [2.05, 4.69) is 0 Å². The molecule has 0 aromatic heterocycles. The molecule has 0 aliphatic rings. The summed E-state index contributed by atoms with van der Waals surface area (Å²) in [5.41, 5.74) is 0.866. The number of benzene rings is 1. The quantitative estimate of drug-likeness (QED) is 0.869. The summed E-state index contributed by atoms with van der Waals surface area (Å²) < 4.78 is 0. The van der Waals surface area contributed by atoms with Crippen LogP contribution in [0.3, 0.4) is 0 Å². The monoisotopic (exact) mass is 291 g/mol. The van der Waals surface area contributed by atoms with Gasteiger partial charge in [0.2, 0.25) is 5.91 Å². The highest BCUT2D eigenvalue weighted by atomic mass is 16.3. The molecule has 0 aliphatic heterocycles. The van der Waals surface area contributed by atoms with Crippen LogP contribution < -0.4 is 0 Å². The molecule has 1 rings (SSSR count). The molecule has 3 nitrogen and oxygen atoms in total. The van der Waals surface area contributed by atoms with Crippen LogP contribution in [0, 0.1) is 11.8 Å². The van der Waals surface area contributed by atoms with Gasteiger partial charge in [0, 0.05) is 18.0 Å². The van der Waals surface area contributed by atoms with Crippen LogP contribution in [0.5, 0.6) is 0 Å². The van der Waals surface area contributed by atoms with Crippen molar-refractivity contribution in [1.82, 2.24) is 4.90 Å². The van der Waals surface area contributed by atoms with Crippen LogP contribution in [-0.4, -0.2) is 28.0 Å². The molecule has 0 saturated heterocycles. The van der Waals surface area contributed by atoms with Crippen molar-refractivity contribution in [2.24, 2.45) is 11.8 Å². The molecule has 118 valence electrons. The zero-order valence-corrected chi connectivity index (χ0v) is 14.1. The average molecular weight is 291 g/mol. The molecule has 0 aliphatic carbocycles. The summed E-state index contributed by atoms with van der Waals surface area (Å²) in [7, 11) is 0. The van der Waals surface area contributed by atoms with Gasteiger partial charge in [-0.05, 0) is 39.2 Å². The zero-order valence-electron chi connectivity index (χ0n) is 14.1. The topological polar surface area (TPSA) is 40.5 Å². The molecule has 0 radical (unpaired) electrons. The summed E-state index contributed by atoms with van der Waals surface area (Å²) in [4.78, 5) is 14.6. The highest BCUT2D eigenvalue weighted by Crippen LogP contribution is 2.29. The summed E-state index contributed by atoms with van der Waals surface area (Å²) in [5.74, 6) is -0.229.